The number of alkyl carbamates (subject to hydrolysis) is 1. The van der Waals surface area contributed by atoms with E-state index < -0.39 is 0 Å². The fourth-order valence-corrected chi connectivity index (χ4v) is 6.04. The largest absolute Gasteiger partial charge is 0.464 e. The summed E-state index contributed by atoms with van der Waals surface area (Å²) in [7, 11) is 0. The number of esters is 1. The van der Waals surface area contributed by atoms with Gasteiger partial charge in [0.15, 0.2) is 0 Å². The van der Waals surface area contributed by atoms with Crippen LogP contribution in [0.25, 0.3) is 0 Å². The van der Waals surface area contributed by atoms with E-state index in [0.29, 0.717) is 36.7 Å². The summed E-state index contributed by atoms with van der Waals surface area (Å²) in [5, 5.41) is 4.45. The van der Waals surface area contributed by atoms with Crippen molar-refractivity contribution in [1.82, 2.24) is 5.32 Å². The minimum absolute atomic E-state index is 0.107. The molecular formula is C29H54BrNO4S. The van der Waals surface area contributed by atoms with Crippen LogP contribution in [0.4, 0.5) is 4.79 Å². The van der Waals surface area contributed by atoms with Crippen molar-refractivity contribution >= 4 is 39.8 Å². The molecule has 0 aliphatic carbocycles. The number of ether oxygens (including phenoxy) is 2. The van der Waals surface area contributed by atoms with Gasteiger partial charge < -0.3 is 14.8 Å². The summed E-state index contributed by atoms with van der Waals surface area (Å²) in [6, 6.07) is 0. The van der Waals surface area contributed by atoms with Crippen molar-refractivity contribution in [3.8, 4) is 0 Å². The summed E-state index contributed by atoms with van der Waals surface area (Å²) in [6.45, 7) is 3.88. The molecule has 5 nitrogen and oxygen atoms in total. The smallest absolute Gasteiger partial charge is 0.407 e. The van der Waals surface area contributed by atoms with Crippen molar-refractivity contribution in [2.45, 2.75) is 146 Å². The van der Waals surface area contributed by atoms with E-state index in [-0.39, 0.29) is 12.1 Å². The van der Waals surface area contributed by atoms with Gasteiger partial charge in [0.25, 0.3) is 0 Å². The molecule has 36 heavy (non-hydrogen) atoms. The van der Waals surface area contributed by atoms with E-state index in [0.717, 1.165) is 31.0 Å². The highest BCUT2D eigenvalue weighted by Crippen LogP contribution is 2.36. The Morgan fingerprint density at radius 2 is 1.19 bits per heavy atom. The molecule has 0 unspecified atom stereocenters. The SMILES string of the molecule is CCCCCCCCCCCCCCCCCCNC(=O)OC[C@@H]1C[C@@H](COC(=O)CCCCBr)S1. The number of hydrogen-bond acceptors (Lipinski definition) is 5. The van der Waals surface area contributed by atoms with Gasteiger partial charge in [-0.15, -0.1) is 11.8 Å². The third kappa shape index (κ3) is 20.6. The highest BCUT2D eigenvalue weighted by atomic mass is 79.9. The number of thioether (sulfide) groups is 1. The molecule has 1 saturated heterocycles. The Morgan fingerprint density at radius 1 is 0.722 bits per heavy atom. The summed E-state index contributed by atoms with van der Waals surface area (Å²) < 4.78 is 10.6. The molecule has 0 saturated carbocycles. The molecule has 1 fully saturated rings. The van der Waals surface area contributed by atoms with E-state index in [1.54, 1.807) is 11.8 Å². The second kappa shape index (κ2) is 24.9. The monoisotopic (exact) mass is 591 g/mol. The molecule has 1 rings (SSSR count). The summed E-state index contributed by atoms with van der Waals surface area (Å²) >= 11 is 5.11. The van der Waals surface area contributed by atoms with Gasteiger partial charge >= 0.3 is 12.1 Å². The Labute approximate surface area is 234 Å². The normalized spacial score (nSPS) is 16.9. The van der Waals surface area contributed by atoms with Crippen molar-refractivity contribution < 1.29 is 19.1 Å². The standard InChI is InChI=1S/C29H54BrNO4S/c1-2-3-4-5-6-7-8-9-10-11-12-13-14-15-16-19-22-31-29(33)35-25-27-23-26(36-27)24-34-28(32)20-17-18-21-30/h26-27H,2-25H2,1H3,(H,31,33)/t26-,27-/m0/s1. The molecule has 7 heteroatoms. The van der Waals surface area contributed by atoms with Gasteiger partial charge in [0.05, 0.1) is 0 Å². The van der Waals surface area contributed by atoms with Crippen LogP contribution in [-0.2, 0) is 14.3 Å². The molecule has 1 amide bonds. The fourth-order valence-electron chi connectivity index (χ4n) is 4.47. The van der Waals surface area contributed by atoms with E-state index >= 15 is 0 Å². The van der Waals surface area contributed by atoms with Gasteiger partial charge in [0.2, 0.25) is 0 Å². The molecule has 1 heterocycles. The van der Waals surface area contributed by atoms with Crippen molar-refractivity contribution in [1.29, 1.82) is 0 Å². The number of carbonyl (C=O) groups excluding carboxylic acids is 2. The number of rotatable bonds is 25. The molecule has 1 N–H and O–H groups in total. The van der Waals surface area contributed by atoms with Gasteiger partial charge in [-0.1, -0.05) is 119 Å². The van der Waals surface area contributed by atoms with Gasteiger partial charge in [-0.3, -0.25) is 4.79 Å². The highest BCUT2D eigenvalue weighted by Gasteiger charge is 2.31. The van der Waals surface area contributed by atoms with Crippen LogP contribution in [0.15, 0.2) is 0 Å². The number of halogens is 1. The van der Waals surface area contributed by atoms with E-state index in [1.807, 2.05) is 0 Å². The van der Waals surface area contributed by atoms with Crippen LogP contribution in [0.5, 0.6) is 0 Å². The van der Waals surface area contributed by atoms with Crippen LogP contribution in [0.3, 0.4) is 0 Å². The predicted octanol–water partition coefficient (Wildman–Crippen LogP) is 8.96. The van der Waals surface area contributed by atoms with Crippen LogP contribution >= 0.6 is 27.7 Å². The molecular weight excluding hydrogens is 538 g/mol. The van der Waals surface area contributed by atoms with Gasteiger partial charge in [-0.2, -0.15) is 0 Å². The number of carbonyl (C=O) groups is 2. The number of hydrogen-bond donors (Lipinski definition) is 1. The average Bonchev–Trinajstić information content (AvgIpc) is 2.84. The second-order valence-electron chi connectivity index (χ2n) is 10.3. The Bertz CT molecular complexity index is 531. The molecule has 1 aliphatic heterocycles. The van der Waals surface area contributed by atoms with Crippen LogP contribution in [-0.4, -0.2) is 47.7 Å². The Kier molecular flexibility index (Phi) is 23.2. The third-order valence-corrected chi connectivity index (χ3v) is 8.79. The lowest BCUT2D eigenvalue weighted by Crippen LogP contribution is -2.36. The van der Waals surface area contributed by atoms with E-state index in [4.69, 9.17) is 9.47 Å². The number of nitrogens with one attached hydrogen (secondary N) is 1. The fraction of sp³-hybridized carbons (Fsp3) is 0.931. The molecule has 0 bridgehead atoms. The van der Waals surface area contributed by atoms with Crippen molar-refractivity contribution in [3.63, 3.8) is 0 Å². The zero-order valence-electron chi connectivity index (χ0n) is 23.0. The average molecular weight is 593 g/mol. The van der Waals surface area contributed by atoms with Crippen LogP contribution in [0, 0.1) is 0 Å². The number of amides is 1. The lowest BCUT2D eigenvalue weighted by molar-refractivity contribution is -0.143. The van der Waals surface area contributed by atoms with Crippen LogP contribution in [0.1, 0.15) is 135 Å². The minimum atomic E-state index is -0.307. The molecule has 0 aromatic heterocycles. The summed E-state index contributed by atoms with van der Waals surface area (Å²) in [5.41, 5.74) is 0. The van der Waals surface area contributed by atoms with E-state index in [9.17, 15) is 9.59 Å². The lowest BCUT2D eigenvalue weighted by atomic mass is 10.0. The molecule has 0 aromatic rings. The van der Waals surface area contributed by atoms with Gasteiger partial charge in [0, 0.05) is 28.8 Å². The Balaban J connectivity index is 1.76. The first-order valence-corrected chi connectivity index (χ1v) is 17.0. The summed E-state index contributed by atoms with van der Waals surface area (Å²) in [4.78, 5) is 23.5. The van der Waals surface area contributed by atoms with Crippen molar-refractivity contribution in [2.75, 3.05) is 25.1 Å². The second-order valence-corrected chi connectivity index (χ2v) is 12.7. The zero-order chi connectivity index (χ0) is 26.1. The van der Waals surface area contributed by atoms with Gasteiger partial charge in [-0.25, -0.2) is 4.79 Å². The maximum atomic E-state index is 11.9. The van der Waals surface area contributed by atoms with E-state index in [1.165, 1.54) is 96.3 Å². The quantitative estimate of drug-likeness (QED) is 0.0651. The van der Waals surface area contributed by atoms with Crippen molar-refractivity contribution in [2.24, 2.45) is 0 Å². The maximum Gasteiger partial charge on any atom is 0.407 e. The maximum absolute atomic E-state index is 11.9. The minimum Gasteiger partial charge on any atom is -0.464 e. The number of unbranched alkanes of at least 4 members (excludes halogenated alkanes) is 16. The molecule has 0 radical (unpaired) electrons. The Morgan fingerprint density at radius 3 is 1.69 bits per heavy atom. The predicted molar refractivity (Wildman–Crippen MR) is 157 cm³/mol. The molecule has 2 atom stereocenters. The Hall–Kier alpha value is -0.430. The van der Waals surface area contributed by atoms with Crippen molar-refractivity contribution in [3.05, 3.63) is 0 Å². The van der Waals surface area contributed by atoms with Crippen LogP contribution in [0.2, 0.25) is 0 Å². The van der Waals surface area contributed by atoms with Gasteiger partial charge in [0.1, 0.15) is 13.2 Å². The first kappa shape index (κ1) is 33.6. The topological polar surface area (TPSA) is 64.6 Å². The van der Waals surface area contributed by atoms with Crippen LogP contribution < -0.4 is 5.32 Å². The number of alkyl halides is 1. The molecule has 0 aromatic carbocycles. The van der Waals surface area contributed by atoms with Gasteiger partial charge in [-0.05, 0) is 25.7 Å². The zero-order valence-corrected chi connectivity index (χ0v) is 25.4. The summed E-state index contributed by atoms with van der Waals surface area (Å²) in [6.07, 6.45) is 24.6. The molecule has 212 valence electrons. The highest BCUT2D eigenvalue weighted by molar-refractivity contribution is 9.09. The lowest BCUT2D eigenvalue weighted by Gasteiger charge is -2.33. The van der Waals surface area contributed by atoms with E-state index in [2.05, 4.69) is 28.2 Å². The third-order valence-electron chi connectivity index (χ3n) is 6.81. The summed E-state index contributed by atoms with van der Waals surface area (Å²) in [5.74, 6) is -0.107. The molecule has 0 spiro atoms. The first-order chi connectivity index (χ1) is 17.7. The molecule has 1 aliphatic rings. The first-order valence-electron chi connectivity index (χ1n) is 14.9.